The van der Waals surface area contributed by atoms with Crippen LogP contribution >= 0.6 is 0 Å². The maximum absolute atomic E-state index is 12.0. The highest BCUT2D eigenvalue weighted by Gasteiger charge is 2.27. The summed E-state index contributed by atoms with van der Waals surface area (Å²) in [6.45, 7) is 12.0. The van der Waals surface area contributed by atoms with Gasteiger partial charge < -0.3 is 16.0 Å². The maximum Gasteiger partial charge on any atom is 0.227 e. The zero-order chi connectivity index (χ0) is 18.2. The fourth-order valence-corrected chi connectivity index (χ4v) is 2.54. The largest absolute Gasteiger partial charge is 0.356 e. The summed E-state index contributed by atoms with van der Waals surface area (Å²) < 4.78 is 0. The van der Waals surface area contributed by atoms with Crippen molar-refractivity contribution in [2.24, 2.45) is 10.4 Å². The first-order chi connectivity index (χ1) is 11.3. The topological polar surface area (TPSA) is 65.5 Å². The summed E-state index contributed by atoms with van der Waals surface area (Å²) in [5, 5.41) is 9.41. The number of carbonyl (C=O) groups is 1. The minimum atomic E-state index is -0.485. The molecule has 24 heavy (non-hydrogen) atoms. The van der Waals surface area contributed by atoms with Crippen molar-refractivity contribution < 1.29 is 4.79 Å². The Kier molecular flexibility index (Phi) is 7.75. The van der Waals surface area contributed by atoms with E-state index >= 15 is 0 Å². The lowest BCUT2D eigenvalue weighted by molar-refractivity contribution is -0.128. The molecule has 5 heteroatoms. The Morgan fingerprint density at radius 1 is 1.08 bits per heavy atom. The van der Waals surface area contributed by atoms with Crippen LogP contribution in [0.2, 0.25) is 0 Å². The van der Waals surface area contributed by atoms with Crippen LogP contribution in [0.25, 0.3) is 0 Å². The van der Waals surface area contributed by atoms with Gasteiger partial charge in [-0.2, -0.15) is 0 Å². The lowest BCUT2D eigenvalue weighted by atomic mass is 9.92. The van der Waals surface area contributed by atoms with Crippen LogP contribution in [0.3, 0.4) is 0 Å². The second-order valence-electron chi connectivity index (χ2n) is 6.84. The number of guanidine groups is 1. The van der Waals surface area contributed by atoms with E-state index < -0.39 is 5.41 Å². The zero-order valence-electron chi connectivity index (χ0n) is 15.9. The molecule has 1 aromatic rings. The van der Waals surface area contributed by atoms with Crippen LogP contribution in [0.5, 0.6) is 0 Å². The van der Waals surface area contributed by atoms with Gasteiger partial charge in [-0.05, 0) is 46.6 Å². The molecule has 1 rings (SSSR count). The molecule has 1 amide bonds. The highest BCUT2D eigenvalue weighted by atomic mass is 16.2. The number of amides is 1. The van der Waals surface area contributed by atoms with E-state index in [1.54, 1.807) is 7.05 Å². The number of benzene rings is 1. The van der Waals surface area contributed by atoms with Gasteiger partial charge in [-0.15, -0.1) is 0 Å². The van der Waals surface area contributed by atoms with Crippen molar-refractivity contribution in [2.75, 3.05) is 26.7 Å². The van der Waals surface area contributed by atoms with E-state index in [9.17, 15) is 4.79 Å². The Balaban J connectivity index is 2.47. The molecule has 0 bridgehead atoms. The lowest BCUT2D eigenvalue weighted by Gasteiger charge is -2.24. The molecule has 134 valence electrons. The van der Waals surface area contributed by atoms with Gasteiger partial charge in [0.15, 0.2) is 5.96 Å². The first-order valence-electron chi connectivity index (χ1n) is 8.58. The average molecular weight is 332 g/mol. The Hall–Kier alpha value is -2.04. The van der Waals surface area contributed by atoms with E-state index in [1.807, 2.05) is 20.8 Å². The summed E-state index contributed by atoms with van der Waals surface area (Å²) in [5.41, 5.74) is 3.41. The molecular weight excluding hydrogens is 300 g/mol. The molecule has 0 radical (unpaired) electrons. The summed E-state index contributed by atoms with van der Waals surface area (Å²) in [5.74, 6) is 0.764. The van der Waals surface area contributed by atoms with Gasteiger partial charge in [-0.3, -0.25) is 9.79 Å². The summed E-state index contributed by atoms with van der Waals surface area (Å²) >= 11 is 0. The van der Waals surface area contributed by atoms with Crippen molar-refractivity contribution in [3.8, 4) is 0 Å². The van der Waals surface area contributed by atoms with Crippen molar-refractivity contribution in [1.29, 1.82) is 0 Å². The quantitative estimate of drug-likeness (QED) is 0.530. The summed E-state index contributed by atoms with van der Waals surface area (Å²) in [6.07, 6.45) is 0.933. The van der Waals surface area contributed by atoms with Crippen molar-refractivity contribution in [3.63, 3.8) is 0 Å². The molecule has 0 fully saturated rings. The van der Waals surface area contributed by atoms with Gasteiger partial charge in [0.05, 0.1) is 5.41 Å². The number of hydrogen-bond acceptors (Lipinski definition) is 2. The van der Waals surface area contributed by atoms with Crippen LogP contribution in [0, 0.1) is 19.3 Å². The summed E-state index contributed by atoms with van der Waals surface area (Å²) in [7, 11) is 1.74. The standard InChI is InChI=1S/C19H32N4O/c1-7-21-17(24)19(4,5)13-23-18(20-6)22-9-8-16-11-14(2)10-15(3)12-16/h10-12H,7-9,13H2,1-6H3,(H,21,24)(H2,20,22,23). The third kappa shape index (κ3) is 6.60. The molecule has 3 N–H and O–H groups in total. The number of nitrogens with one attached hydrogen (secondary N) is 3. The van der Waals surface area contributed by atoms with Gasteiger partial charge >= 0.3 is 0 Å². The molecule has 0 aliphatic heterocycles. The highest BCUT2D eigenvalue weighted by molar-refractivity contribution is 5.84. The molecule has 0 spiro atoms. The molecule has 0 saturated heterocycles. The Labute approximate surface area is 146 Å². The van der Waals surface area contributed by atoms with Gasteiger partial charge in [-0.25, -0.2) is 0 Å². The smallest absolute Gasteiger partial charge is 0.227 e. The third-order valence-electron chi connectivity index (χ3n) is 3.86. The monoisotopic (exact) mass is 332 g/mol. The molecule has 1 aromatic carbocycles. The van der Waals surface area contributed by atoms with Crippen molar-refractivity contribution in [3.05, 3.63) is 34.9 Å². The van der Waals surface area contributed by atoms with E-state index in [4.69, 9.17) is 0 Å². The average Bonchev–Trinajstić information content (AvgIpc) is 2.50. The van der Waals surface area contributed by atoms with Gasteiger partial charge in [0, 0.05) is 26.7 Å². The Morgan fingerprint density at radius 2 is 1.71 bits per heavy atom. The minimum Gasteiger partial charge on any atom is -0.356 e. The zero-order valence-corrected chi connectivity index (χ0v) is 15.9. The van der Waals surface area contributed by atoms with Crippen molar-refractivity contribution in [1.82, 2.24) is 16.0 Å². The summed E-state index contributed by atoms with van der Waals surface area (Å²) in [6, 6.07) is 6.60. The number of carbonyl (C=O) groups excluding carboxylic acids is 1. The molecule has 0 aliphatic carbocycles. The normalized spacial score (nSPS) is 12.0. The predicted octanol–water partition coefficient (Wildman–Crippen LogP) is 2.17. The lowest BCUT2D eigenvalue weighted by Crippen LogP contribution is -2.48. The van der Waals surface area contributed by atoms with E-state index in [-0.39, 0.29) is 5.91 Å². The summed E-state index contributed by atoms with van der Waals surface area (Å²) in [4.78, 5) is 16.2. The molecular formula is C19H32N4O. The van der Waals surface area contributed by atoms with Crippen molar-refractivity contribution in [2.45, 2.75) is 41.0 Å². The first-order valence-corrected chi connectivity index (χ1v) is 8.58. The van der Waals surface area contributed by atoms with E-state index in [0.29, 0.717) is 13.1 Å². The number of rotatable bonds is 7. The van der Waals surface area contributed by atoms with Crippen LogP contribution in [-0.2, 0) is 11.2 Å². The van der Waals surface area contributed by atoms with Gasteiger partial charge in [-0.1, -0.05) is 29.3 Å². The van der Waals surface area contributed by atoms with Crippen LogP contribution in [-0.4, -0.2) is 38.5 Å². The predicted molar refractivity (Wildman–Crippen MR) is 101 cm³/mol. The SMILES string of the molecule is CCNC(=O)C(C)(C)CNC(=NC)NCCc1cc(C)cc(C)c1. The van der Waals surface area contributed by atoms with Crippen LogP contribution in [0.4, 0.5) is 0 Å². The number of hydrogen-bond donors (Lipinski definition) is 3. The number of nitrogens with zero attached hydrogens (tertiary/aromatic N) is 1. The molecule has 0 aliphatic rings. The first kappa shape index (κ1) is 20.0. The van der Waals surface area contributed by atoms with E-state index in [2.05, 4.69) is 53.0 Å². The van der Waals surface area contributed by atoms with Gasteiger partial charge in [0.1, 0.15) is 0 Å². The van der Waals surface area contributed by atoms with Crippen LogP contribution in [0.15, 0.2) is 23.2 Å². The fourth-order valence-electron chi connectivity index (χ4n) is 2.54. The van der Waals surface area contributed by atoms with Crippen molar-refractivity contribution >= 4 is 11.9 Å². The highest BCUT2D eigenvalue weighted by Crippen LogP contribution is 2.13. The van der Waals surface area contributed by atoms with Gasteiger partial charge in [0.25, 0.3) is 0 Å². The van der Waals surface area contributed by atoms with E-state index in [0.717, 1.165) is 18.9 Å². The molecule has 0 atom stereocenters. The number of aryl methyl sites for hydroxylation is 2. The number of aliphatic imine (C=N–C) groups is 1. The molecule has 5 nitrogen and oxygen atoms in total. The molecule has 0 unspecified atom stereocenters. The van der Waals surface area contributed by atoms with Gasteiger partial charge in [0.2, 0.25) is 5.91 Å². The second-order valence-corrected chi connectivity index (χ2v) is 6.84. The maximum atomic E-state index is 12.0. The fraction of sp³-hybridized carbons (Fsp3) is 0.579. The Morgan fingerprint density at radius 3 is 2.25 bits per heavy atom. The van der Waals surface area contributed by atoms with E-state index in [1.165, 1.54) is 16.7 Å². The molecule has 0 heterocycles. The Bertz CT molecular complexity index is 558. The van der Waals surface area contributed by atoms with Crippen LogP contribution < -0.4 is 16.0 Å². The second kappa shape index (κ2) is 9.30. The minimum absolute atomic E-state index is 0.0446. The van der Waals surface area contributed by atoms with Crippen LogP contribution in [0.1, 0.15) is 37.5 Å². The molecule has 0 aromatic heterocycles. The molecule has 0 saturated carbocycles. The third-order valence-corrected chi connectivity index (χ3v) is 3.86.